The number of carbonyl (C=O) groups is 2. The molecule has 0 spiro atoms. The van der Waals surface area contributed by atoms with Gasteiger partial charge < -0.3 is 19.5 Å². The van der Waals surface area contributed by atoms with Crippen molar-refractivity contribution in [2.45, 2.75) is 19.4 Å². The van der Waals surface area contributed by atoms with E-state index in [1.54, 1.807) is 24.3 Å². The number of hydrogen-bond acceptors (Lipinski definition) is 4. The molecule has 1 fully saturated rings. The third-order valence-electron chi connectivity index (χ3n) is 3.25. The van der Waals surface area contributed by atoms with Crippen molar-refractivity contribution >= 4 is 11.9 Å². The summed E-state index contributed by atoms with van der Waals surface area (Å²) >= 11 is 0. The van der Waals surface area contributed by atoms with Gasteiger partial charge in [0.15, 0.2) is 6.04 Å². The van der Waals surface area contributed by atoms with Gasteiger partial charge in [0, 0.05) is 12.1 Å². The van der Waals surface area contributed by atoms with Crippen molar-refractivity contribution in [1.29, 1.82) is 0 Å². The molecule has 1 N–H and O–H groups in total. The summed E-state index contributed by atoms with van der Waals surface area (Å²) in [6.07, 6.45) is 0.911. The Morgan fingerprint density at radius 2 is 2.10 bits per heavy atom. The molecule has 1 atom stereocenters. The van der Waals surface area contributed by atoms with Gasteiger partial charge in [-0.2, -0.15) is 0 Å². The van der Waals surface area contributed by atoms with Crippen LogP contribution in [0.25, 0.3) is 0 Å². The molecule has 0 aliphatic carbocycles. The van der Waals surface area contributed by atoms with Crippen LogP contribution in [0.4, 0.5) is 0 Å². The molecule has 0 saturated carbocycles. The third kappa shape index (κ3) is 3.72. The Morgan fingerprint density at radius 3 is 2.71 bits per heavy atom. The number of carbonyl (C=O) groups excluding carboxylic acids is 1. The lowest BCUT2D eigenvalue weighted by Crippen LogP contribution is -2.52. The maximum absolute atomic E-state index is 12.4. The van der Waals surface area contributed by atoms with Crippen molar-refractivity contribution in [2.75, 3.05) is 26.4 Å². The topological polar surface area (TPSA) is 76.1 Å². The summed E-state index contributed by atoms with van der Waals surface area (Å²) in [6, 6.07) is 5.82. The Morgan fingerprint density at radius 1 is 1.38 bits per heavy atom. The number of aliphatic carboxylic acids is 1. The van der Waals surface area contributed by atoms with Crippen LogP contribution in [0.5, 0.6) is 5.75 Å². The standard InChI is InChI=1S/C15H19NO5/c1-2-8-21-12-5-3-11(4-6-12)14(17)16-7-9-20-10-13(16)15(18)19/h3-6,13H,2,7-10H2,1H3,(H,18,19). The number of morpholine rings is 1. The number of ether oxygens (including phenoxy) is 2. The van der Waals surface area contributed by atoms with Crippen LogP contribution in [-0.4, -0.2) is 54.3 Å². The zero-order valence-corrected chi connectivity index (χ0v) is 11.9. The Bertz CT molecular complexity index is 499. The minimum atomic E-state index is -1.05. The fourth-order valence-electron chi connectivity index (χ4n) is 2.13. The summed E-state index contributed by atoms with van der Waals surface area (Å²) in [4.78, 5) is 24.9. The Balaban J connectivity index is 2.09. The van der Waals surface area contributed by atoms with Crippen LogP contribution >= 0.6 is 0 Å². The number of carboxylic acids is 1. The molecular weight excluding hydrogens is 274 g/mol. The molecule has 1 aromatic rings. The highest BCUT2D eigenvalue weighted by Gasteiger charge is 2.33. The molecule has 1 aromatic carbocycles. The van der Waals surface area contributed by atoms with Crippen LogP contribution in [0.15, 0.2) is 24.3 Å². The highest BCUT2D eigenvalue weighted by Crippen LogP contribution is 2.17. The lowest BCUT2D eigenvalue weighted by Gasteiger charge is -2.32. The average Bonchev–Trinajstić information content (AvgIpc) is 2.52. The second-order valence-electron chi connectivity index (χ2n) is 4.80. The normalized spacial score (nSPS) is 18.3. The first-order valence-corrected chi connectivity index (χ1v) is 6.98. The van der Waals surface area contributed by atoms with Crippen molar-refractivity contribution in [2.24, 2.45) is 0 Å². The van der Waals surface area contributed by atoms with Gasteiger partial charge in [0.25, 0.3) is 5.91 Å². The zero-order chi connectivity index (χ0) is 15.2. The SMILES string of the molecule is CCCOc1ccc(C(=O)N2CCOCC2C(=O)O)cc1. The van der Waals surface area contributed by atoms with E-state index in [9.17, 15) is 9.59 Å². The number of rotatable bonds is 5. The Hall–Kier alpha value is -2.08. The monoisotopic (exact) mass is 293 g/mol. The Labute approximate surface area is 123 Å². The van der Waals surface area contributed by atoms with Gasteiger partial charge in [-0.25, -0.2) is 4.79 Å². The van der Waals surface area contributed by atoms with Gasteiger partial charge in [0.1, 0.15) is 5.75 Å². The highest BCUT2D eigenvalue weighted by molar-refractivity contribution is 5.96. The molecular formula is C15H19NO5. The summed E-state index contributed by atoms with van der Waals surface area (Å²) < 4.78 is 10.6. The molecule has 114 valence electrons. The minimum Gasteiger partial charge on any atom is -0.494 e. The van der Waals surface area contributed by atoms with Crippen LogP contribution < -0.4 is 4.74 Å². The fourth-order valence-corrected chi connectivity index (χ4v) is 2.13. The van der Waals surface area contributed by atoms with Crippen LogP contribution in [0.1, 0.15) is 23.7 Å². The van der Waals surface area contributed by atoms with E-state index in [0.717, 1.165) is 6.42 Å². The number of amides is 1. The molecule has 21 heavy (non-hydrogen) atoms. The van der Waals surface area contributed by atoms with Crippen molar-refractivity contribution < 1.29 is 24.2 Å². The molecule has 1 aliphatic rings. The average molecular weight is 293 g/mol. The molecule has 1 aliphatic heterocycles. The zero-order valence-electron chi connectivity index (χ0n) is 11.9. The summed E-state index contributed by atoms with van der Waals surface area (Å²) in [7, 11) is 0. The van der Waals surface area contributed by atoms with Gasteiger partial charge in [-0.1, -0.05) is 6.92 Å². The number of carboxylic acid groups (broad SMARTS) is 1. The predicted octanol–water partition coefficient (Wildman–Crippen LogP) is 1.40. The van der Waals surface area contributed by atoms with Crippen LogP contribution in [0.2, 0.25) is 0 Å². The molecule has 1 saturated heterocycles. The van der Waals surface area contributed by atoms with Crippen molar-refractivity contribution in [3.05, 3.63) is 29.8 Å². The smallest absolute Gasteiger partial charge is 0.328 e. The molecule has 2 rings (SSSR count). The third-order valence-corrected chi connectivity index (χ3v) is 3.25. The van der Waals surface area contributed by atoms with Gasteiger partial charge in [-0.05, 0) is 30.7 Å². The summed E-state index contributed by atoms with van der Waals surface area (Å²) in [5.74, 6) is -0.649. The second kappa shape index (κ2) is 7.08. The number of nitrogens with zero attached hydrogens (tertiary/aromatic N) is 1. The van der Waals surface area contributed by atoms with E-state index >= 15 is 0 Å². The van der Waals surface area contributed by atoms with E-state index in [1.807, 2.05) is 6.92 Å². The first-order valence-electron chi connectivity index (χ1n) is 6.98. The van der Waals surface area contributed by atoms with Gasteiger partial charge >= 0.3 is 5.97 Å². The van der Waals surface area contributed by atoms with E-state index in [0.29, 0.717) is 24.5 Å². The minimum absolute atomic E-state index is 0.0266. The maximum Gasteiger partial charge on any atom is 0.328 e. The van der Waals surface area contributed by atoms with Gasteiger partial charge in [0.05, 0.1) is 19.8 Å². The predicted molar refractivity (Wildman–Crippen MR) is 75.5 cm³/mol. The Kier molecular flexibility index (Phi) is 5.16. The fraction of sp³-hybridized carbons (Fsp3) is 0.467. The number of hydrogen-bond donors (Lipinski definition) is 1. The molecule has 6 heteroatoms. The molecule has 1 amide bonds. The molecule has 1 unspecified atom stereocenters. The van der Waals surface area contributed by atoms with Gasteiger partial charge in [0.2, 0.25) is 0 Å². The molecule has 1 heterocycles. The lowest BCUT2D eigenvalue weighted by atomic mass is 10.1. The largest absolute Gasteiger partial charge is 0.494 e. The van der Waals surface area contributed by atoms with Crippen molar-refractivity contribution in [3.63, 3.8) is 0 Å². The summed E-state index contributed by atoms with van der Waals surface area (Å²) in [5.41, 5.74) is 0.451. The van der Waals surface area contributed by atoms with E-state index in [-0.39, 0.29) is 19.1 Å². The molecule has 0 radical (unpaired) electrons. The van der Waals surface area contributed by atoms with Crippen molar-refractivity contribution in [1.82, 2.24) is 4.90 Å². The lowest BCUT2D eigenvalue weighted by molar-refractivity contribution is -0.147. The summed E-state index contributed by atoms with van der Waals surface area (Å²) in [5, 5.41) is 9.15. The second-order valence-corrected chi connectivity index (χ2v) is 4.80. The van der Waals surface area contributed by atoms with Crippen LogP contribution in [0, 0.1) is 0 Å². The molecule has 0 aromatic heterocycles. The molecule has 6 nitrogen and oxygen atoms in total. The highest BCUT2D eigenvalue weighted by atomic mass is 16.5. The maximum atomic E-state index is 12.4. The van der Waals surface area contributed by atoms with E-state index in [1.165, 1.54) is 4.90 Å². The quantitative estimate of drug-likeness (QED) is 0.888. The van der Waals surface area contributed by atoms with Crippen molar-refractivity contribution in [3.8, 4) is 5.75 Å². The van der Waals surface area contributed by atoms with Crippen LogP contribution in [0.3, 0.4) is 0 Å². The van der Waals surface area contributed by atoms with Gasteiger partial charge in [-0.3, -0.25) is 4.79 Å². The van der Waals surface area contributed by atoms with Gasteiger partial charge in [-0.15, -0.1) is 0 Å². The summed E-state index contributed by atoms with van der Waals surface area (Å²) in [6.45, 7) is 3.30. The first kappa shape index (κ1) is 15.3. The molecule has 0 bridgehead atoms. The first-order chi connectivity index (χ1) is 10.1. The number of benzene rings is 1. The van der Waals surface area contributed by atoms with E-state index in [4.69, 9.17) is 14.6 Å². The van der Waals surface area contributed by atoms with E-state index in [2.05, 4.69) is 0 Å². The van der Waals surface area contributed by atoms with Crippen LogP contribution in [-0.2, 0) is 9.53 Å². The van der Waals surface area contributed by atoms with E-state index < -0.39 is 12.0 Å².